The first-order valence-electron chi connectivity index (χ1n) is 12.4. The molecule has 0 radical (unpaired) electrons. The summed E-state index contributed by atoms with van der Waals surface area (Å²) in [6.45, 7) is 23.2. The normalized spacial score (nSPS) is 17.0. The van der Waals surface area contributed by atoms with Crippen LogP contribution in [0.4, 0.5) is 5.82 Å². The Labute approximate surface area is 197 Å². The van der Waals surface area contributed by atoms with Gasteiger partial charge < -0.3 is 14.1 Å². The van der Waals surface area contributed by atoms with Crippen molar-refractivity contribution in [1.82, 2.24) is 9.55 Å². The molecule has 1 fully saturated rings. The maximum atomic E-state index is 13.3. The van der Waals surface area contributed by atoms with E-state index in [9.17, 15) is 4.79 Å². The van der Waals surface area contributed by atoms with Crippen LogP contribution in [0.1, 0.15) is 65.2 Å². The summed E-state index contributed by atoms with van der Waals surface area (Å²) in [5.41, 5.74) is 0.803. The van der Waals surface area contributed by atoms with E-state index in [4.69, 9.17) is 14.1 Å². The van der Waals surface area contributed by atoms with Crippen LogP contribution in [-0.2, 0) is 15.9 Å². The van der Waals surface area contributed by atoms with Gasteiger partial charge in [-0.2, -0.15) is 0 Å². The largest absolute Gasteiger partial charge is 0.408 e. The van der Waals surface area contributed by atoms with Crippen LogP contribution in [0.3, 0.4) is 0 Å². The van der Waals surface area contributed by atoms with Crippen LogP contribution in [0, 0.1) is 0 Å². The predicted molar refractivity (Wildman–Crippen MR) is 140 cm³/mol. The van der Waals surface area contributed by atoms with Crippen LogP contribution in [-0.4, -0.2) is 45.6 Å². The maximum Gasteiger partial charge on any atom is 0.295 e. The number of hydrogen-bond acceptors (Lipinski definition) is 5. The van der Waals surface area contributed by atoms with Crippen LogP contribution in [0.5, 0.6) is 0 Å². The molecule has 1 aromatic rings. The molecule has 2 rings (SSSR count). The zero-order valence-electron chi connectivity index (χ0n) is 22.1. The van der Waals surface area contributed by atoms with E-state index in [0.29, 0.717) is 12.4 Å². The van der Waals surface area contributed by atoms with Gasteiger partial charge in [0.05, 0.1) is 11.8 Å². The van der Waals surface area contributed by atoms with Crippen molar-refractivity contribution in [1.29, 1.82) is 0 Å². The molecule has 1 saturated heterocycles. The number of nitrogens with zero attached hydrogens (tertiary/aromatic N) is 3. The lowest BCUT2D eigenvalue weighted by Crippen LogP contribution is -2.42. The number of anilines is 1. The monoisotopic (exact) mass is 481 g/mol. The molecule has 0 bridgehead atoms. The van der Waals surface area contributed by atoms with Crippen LogP contribution in [0.25, 0.3) is 0 Å². The Morgan fingerprint density at radius 2 is 1.72 bits per heavy atom. The summed E-state index contributed by atoms with van der Waals surface area (Å²) in [5.74, 6) is 0.563. The molecule has 184 valence electrons. The van der Waals surface area contributed by atoms with Gasteiger partial charge in [0, 0.05) is 34.0 Å². The highest BCUT2D eigenvalue weighted by Gasteiger charge is 2.39. The molecule has 6 nitrogen and oxygen atoms in total. The molecular formula is C24H47N3O3Si2. The van der Waals surface area contributed by atoms with E-state index in [0.717, 1.165) is 44.1 Å². The summed E-state index contributed by atoms with van der Waals surface area (Å²) in [6.07, 6.45) is 6.02. The minimum absolute atomic E-state index is 0.0502. The van der Waals surface area contributed by atoms with Gasteiger partial charge >= 0.3 is 0 Å². The summed E-state index contributed by atoms with van der Waals surface area (Å²) < 4.78 is 14.4. The summed E-state index contributed by atoms with van der Waals surface area (Å²) in [6, 6.07) is 1.09. The van der Waals surface area contributed by atoms with E-state index in [1.54, 1.807) is 4.57 Å². The number of piperidine rings is 1. The van der Waals surface area contributed by atoms with Crippen LogP contribution in [0.15, 0.2) is 11.0 Å². The number of rotatable bonds is 10. The van der Waals surface area contributed by atoms with Gasteiger partial charge in [0.15, 0.2) is 14.1 Å². The molecule has 0 spiro atoms. The Balaban J connectivity index is 2.36. The summed E-state index contributed by atoms with van der Waals surface area (Å²) >= 11 is 0. The predicted octanol–water partition coefficient (Wildman–Crippen LogP) is 6.02. The fourth-order valence-corrected chi connectivity index (χ4v) is 5.64. The van der Waals surface area contributed by atoms with E-state index >= 15 is 0 Å². The second-order valence-corrected chi connectivity index (χ2v) is 22.3. The van der Waals surface area contributed by atoms with Gasteiger partial charge in [0.2, 0.25) is 0 Å². The van der Waals surface area contributed by atoms with Crippen LogP contribution >= 0.6 is 0 Å². The lowest BCUT2D eigenvalue weighted by Gasteiger charge is -2.39. The first-order chi connectivity index (χ1) is 14.7. The van der Waals surface area contributed by atoms with Crippen molar-refractivity contribution < 1.29 is 9.16 Å². The van der Waals surface area contributed by atoms with Gasteiger partial charge in [-0.05, 0) is 49.9 Å². The zero-order chi connectivity index (χ0) is 24.2. The molecule has 0 aromatic carbocycles. The molecule has 1 aliphatic rings. The molecule has 1 atom stereocenters. The first kappa shape index (κ1) is 27.3. The molecule has 1 unspecified atom stereocenters. The smallest absolute Gasteiger partial charge is 0.295 e. The number of hydrogen-bond donors (Lipinski definition) is 0. The topological polar surface area (TPSA) is 56.6 Å². The van der Waals surface area contributed by atoms with Crippen molar-refractivity contribution in [2.45, 2.75) is 110 Å². The minimum Gasteiger partial charge on any atom is -0.408 e. The zero-order valence-corrected chi connectivity index (χ0v) is 24.1. The Morgan fingerprint density at radius 3 is 2.25 bits per heavy atom. The molecular weight excluding hydrogens is 434 g/mol. The molecule has 0 amide bonds. The minimum atomic E-state index is -1.98. The lowest BCUT2D eigenvalue weighted by molar-refractivity contribution is 0.0834. The van der Waals surface area contributed by atoms with Crippen molar-refractivity contribution in [3.8, 4) is 0 Å². The van der Waals surface area contributed by atoms with E-state index in [2.05, 4.69) is 65.3 Å². The molecule has 0 saturated carbocycles. The molecule has 32 heavy (non-hydrogen) atoms. The molecule has 0 N–H and O–H groups in total. The van der Waals surface area contributed by atoms with Crippen LogP contribution < -0.4 is 10.5 Å². The summed E-state index contributed by atoms with van der Waals surface area (Å²) in [5, 5.41) is 0.116. The van der Waals surface area contributed by atoms with Crippen molar-refractivity contribution in [3.63, 3.8) is 0 Å². The fourth-order valence-electron chi connectivity index (χ4n) is 3.53. The van der Waals surface area contributed by atoms with Gasteiger partial charge in [0.1, 0.15) is 6.73 Å². The SMILES string of the molecule is CCC(O[Si](C)(C)C(C)(C)C)c1cn(COCC[Si](C)(C)C)c(=O)c(N2CCCCC2)n1. The molecule has 1 aliphatic heterocycles. The van der Waals surface area contributed by atoms with E-state index in [-0.39, 0.29) is 23.4 Å². The molecule has 2 heterocycles. The summed E-state index contributed by atoms with van der Waals surface area (Å²) in [7, 11) is -3.15. The van der Waals surface area contributed by atoms with Crippen molar-refractivity contribution in [3.05, 3.63) is 22.2 Å². The van der Waals surface area contributed by atoms with Crippen molar-refractivity contribution >= 4 is 22.2 Å². The number of ether oxygens (including phenoxy) is 1. The maximum absolute atomic E-state index is 13.3. The lowest BCUT2D eigenvalue weighted by atomic mass is 10.1. The third-order valence-corrected chi connectivity index (χ3v) is 13.0. The Kier molecular flexibility index (Phi) is 9.35. The quantitative estimate of drug-likeness (QED) is 0.302. The Morgan fingerprint density at radius 1 is 1.09 bits per heavy atom. The van der Waals surface area contributed by atoms with E-state index in [1.807, 2.05) is 6.20 Å². The molecule has 8 heteroatoms. The van der Waals surface area contributed by atoms with Crippen molar-refractivity contribution in [2.24, 2.45) is 0 Å². The highest BCUT2D eigenvalue weighted by atomic mass is 28.4. The van der Waals surface area contributed by atoms with Gasteiger partial charge in [0.25, 0.3) is 5.56 Å². The third-order valence-electron chi connectivity index (χ3n) is 6.80. The van der Waals surface area contributed by atoms with E-state index < -0.39 is 16.4 Å². The second kappa shape index (κ2) is 11.0. The third kappa shape index (κ3) is 7.53. The van der Waals surface area contributed by atoms with Gasteiger partial charge in [-0.1, -0.05) is 47.3 Å². The highest BCUT2D eigenvalue weighted by Crippen LogP contribution is 2.40. The van der Waals surface area contributed by atoms with Crippen molar-refractivity contribution in [2.75, 3.05) is 24.6 Å². The van der Waals surface area contributed by atoms with E-state index in [1.165, 1.54) is 6.42 Å². The first-order valence-corrected chi connectivity index (χ1v) is 19.0. The Hall–Kier alpha value is -0.966. The Bertz CT molecular complexity index is 791. The highest BCUT2D eigenvalue weighted by molar-refractivity contribution is 6.76. The average molecular weight is 482 g/mol. The van der Waals surface area contributed by atoms with Gasteiger partial charge in [-0.3, -0.25) is 9.36 Å². The average Bonchev–Trinajstić information content (AvgIpc) is 2.69. The van der Waals surface area contributed by atoms with Gasteiger partial charge in [-0.25, -0.2) is 4.98 Å². The van der Waals surface area contributed by atoms with Gasteiger partial charge in [-0.15, -0.1) is 0 Å². The summed E-state index contributed by atoms with van der Waals surface area (Å²) in [4.78, 5) is 20.4. The fraction of sp³-hybridized carbons (Fsp3) is 0.833. The second-order valence-electron chi connectivity index (χ2n) is 11.9. The van der Waals surface area contributed by atoms with Crippen LogP contribution in [0.2, 0.25) is 43.8 Å². The number of aromatic nitrogens is 2. The standard InChI is InChI=1S/C24H47N3O3Si2/c1-10-21(30-32(8,9)24(2,3)4)20-18-27(19-29-16-17-31(5,6)7)23(28)22(25-20)26-14-12-11-13-15-26/h18,21H,10-17,19H2,1-9H3. The molecule has 1 aromatic heterocycles. The molecule has 0 aliphatic carbocycles.